The van der Waals surface area contributed by atoms with Crippen LogP contribution in [0.5, 0.6) is 0 Å². The molecule has 3 unspecified atom stereocenters. The van der Waals surface area contributed by atoms with Gasteiger partial charge in [0.2, 0.25) is 0 Å². The normalized spacial score (nSPS) is 22.3. The third kappa shape index (κ3) is 6.88. The number of nitrogens with one attached hydrogen (secondary N) is 1. The second-order valence-electron chi connectivity index (χ2n) is 13.5. The first-order valence-corrected chi connectivity index (χ1v) is 16.1. The number of para-hydroxylation sites is 1. The number of anilines is 1. The van der Waals surface area contributed by atoms with Crippen molar-refractivity contribution in [3.05, 3.63) is 53.3 Å². The third-order valence-electron chi connectivity index (χ3n) is 9.07. The number of nitrogens with zero attached hydrogens (tertiary/aromatic N) is 4. The monoisotopic (exact) mass is 591 g/mol. The molecule has 232 valence electrons. The number of benzene rings is 1. The molecule has 6 rings (SSSR count). The SMILES string of the molecule is CC(C)(C)OC(=O)C(c1cccc2cnn([C@@H]3CCOC3)c12)N1CCC(C(F)CCCCc2ccc3c(n2)NCCC3)C1. The van der Waals surface area contributed by atoms with E-state index in [0.717, 1.165) is 79.5 Å². The number of esters is 1. The zero-order valence-corrected chi connectivity index (χ0v) is 25.9. The number of pyridine rings is 1. The van der Waals surface area contributed by atoms with Gasteiger partial charge in [-0.25, -0.2) is 14.2 Å². The van der Waals surface area contributed by atoms with Crippen molar-refractivity contribution in [3.63, 3.8) is 0 Å². The van der Waals surface area contributed by atoms with E-state index < -0.39 is 17.8 Å². The maximum absolute atomic E-state index is 15.6. The van der Waals surface area contributed by atoms with Crippen molar-refractivity contribution in [2.45, 2.75) is 96.0 Å². The summed E-state index contributed by atoms with van der Waals surface area (Å²) in [4.78, 5) is 20.8. The molecule has 0 saturated carbocycles. The second-order valence-corrected chi connectivity index (χ2v) is 13.5. The van der Waals surface area contributed by atoms with E-state index in [4.69, 9.17) is 19.6 Å². The maximum atomic E-state index is 15.6. The summed E-state index contributed by atoms with van der Waals surface area (Å²) in [5.41, 5.74) is 3.56. The Balaban J connectivity index is 1.13. The molecule has 0 aliphatic carbocycles. The number of rotatable bonds is 10. The molecule has 0 amide bonds. The van der Waals surface area contributed by atoms with Crippen LogP contribution in [-0.2, 0) is 27.1 Å². The summed E-state index contributed by atoms with van der Waals surface area (Å²) in [6.45, 7) is 9.15. The molecule has 3 aliphatic heterocycles. The molecule has 43 heavy (non-hydrogen) atoms. The molecule has 2 fully saturated rings. The Morgan fingerprint density at radius 3 is 2.91 bits per heavy atom. The van der Waals surface area contributed by atoms with E-state index in [1.807, 2.05) is 49.8 Å². The van der Waals surface area contributed by atoms with Crippen molar-refractivity contribution in [1.82, 2.24) is 19.7 Å². The number of aromatic nitrogens is 3. The van der Waals surface area contributed by atoms with Crippen molar-refractivity contribution in [3.8, 4) is 0 Å². The van der Waals surface area contributed by atoms with Gasteiger partial charge < -0.3 is 14.8 Å². The minimum atomic E-state index is -0.903. The van der Waals surface area contributed by atoms with Gasteiger partial charge in [-0.1, -0.05) is 30.7 Å². The lowest BCUT2D eigenvalue weighted by molar-refractivity contribution is -0.161. The standard InChI is InChI=1S/C34H46FN5O3/c1-34(2,3)43-33(41)31(28-11-6-8-24-20-37-40(30(24)28)27-16-19-42-22-27)39-18-15-25(21-39)29(35)12-5-4-10-26-14-13-23-9-7-17-36-32(23)38-26/h6,8,11,13-14,20,25,27,29,31H,4-5,7,9-10,12,15-19,21-22H2,1-3H3,(H,36,38)/t25?,27-,29?,31?/m1/s1. The van der Waals surface area contributed by atoms with Crippen LogP contribution in [0.25, 0.3) is 10.9 Å². The van der Waals surface area contributed by atoms with Crippen LogP contribution in [0.4, 0.5) is 10.2 Å². The number of alkyl halides is 1. The molecule has 3 aromatic rings. The molecule has 2 saturated heterocycles. The topological polar surface area (TPSA) is 81.5 Å². The van der Waals surface area contributed by atoms with Gasteiger partial charge in [0.05, 0.1) is 24.4 Å². The Hall–Kier alpha value is -3.04. The molecule has 9 heteroatoms. The summed E-state index contributed by atoms with van der Waals surface area (Å²) in [5.74, 6) is 0.620. The number of carbonyl (C=O) groups is 1. The predicted octanol–water partition coefficient (Wildman–Crippen LogP) is 6.21. The molecule has 5 heterocycles. The van der Waals surface area contributed by atoms with E-state index in [-0.39, 0.29) is 17.9 Å². The number of hydrogen-bond donors (Lipinski definition) is 1. The van der Waals surface area contributed by atoms with Crippen LogP contribution in [0.15, 0.2) is 36.5 Å². The van der Waals surface area contributed by atoms with E-state index in [9.17, 15) is 4.79 Å². The second kappa shape index (κ2) is 12.9. The highest BCUT2D eigenvalue weighted by atomic mass is 19.1. The molecule has 4 atom stereocenters. The van der Waals surface area contributed by atoms with Crippen LogP contribution in [0.3, 0.4) is 0 Å². The molecule has 8 nitrogen and oxygen atoms in total. The van der Waals surface area contributed by atoms with Crippen molar-refractivity contribution in [2.24, 2.45) is 5.92 Å². The largest absolute Gasteiger partial charge is 0.459 e. The molecule has 3 aliphatic rings. The van der Waals surface area contributed by atoms with Crippen molar-refractivity contribution in [1.29, 1.82) is 0 Å². The van der Waals surface area contributed by atoms with E-state index in [0.29, 0.717) is 32.7 Å². The van der Waals surface area contributed by atoms with Gasteiger partial charge in [-0.2, -0.15) is 5.10 Å². The number of hydrogen-bond acceptors (Lipinski definition) is 7. The summed E-state index contributed by atoms with van der Waals surface area (Å²) in [5, 5.41) is 9.09. The van der Waals surface area contributed by atoms with E-state index in [1.165, 1.54) is 5.56 Å². The van der Waals surface area contributed by atoms with Crippen molar-refractivity contribution >= 4 is 22.7 Å². The van der Waals surface area contributed by atoms with Crippen molar-refractivity contribution < 1.29 is 18.7 Å². The van der Waals surface area contributed by atoms with E-state index in [1.54, 1.807) is 0 Å². The summed E-state index contributed by atoms with van der Waals surface area (Å²) in [6.07, 6.45) is 7.94. The molecule has 0 radical (unpaired) electrons. The third-order valence-corrected chi connectivity index (χ3v) is 9.07. The average molecular weight is 592 g/mol. The molecule has 0 spiro atoms. The fraction of sp³-hybridized carbons (Fsp3) is 0.618. The highest BCUT2D eigenvalue weighted by Gasteiger charge is 2.40. The Labute approximate surface area is 254 Å². The van der Waals surface area contributed by atoms with Crippen LogP contribution in [0.1, 0.15) is 88.2 Å². The zero-order valence-electron chi connectivity index (χ0n) is 25.9. The van der Waals surface area contributed by atoms with E-state index >= 15 is 4.39 Å². The molecule has 2 aromatic heterocycles. The Kier molecular flexibility index (Phi) is 9.00. The summed E-state index contributed by atoms with van der Waals surface area (Å²) < 4.78 is 29.3. The van der Waals surface area contributed by atoms with Crippen LogP contribution in [0.2, 0.25) is 0 Å². The highest BCUT2D eigenvalue weighted by molar-refractivity contribution is 5.89. The van der Waals surface area contributed by atoms with Gasteiger partial charge >= 0.3 is 5.97 Å². The van der Waals surface area contributed by atoms with Crippen LogP contribution < -0.4 is 5.32 Å². The first kappa shape index (κ1) is 30.0. The Bertz CT molecular complexity index is 1410. The Morgan fingerprint density at radius 1 is 1.21 bits per heavy atom. The van der Waals surface area contributed by atoms with Gasteiger partial charge in [-0.15, -0.1) is 0 Å². The number of carbonyl (C=O) groups excluding carboxylic acids is 1. The fourth-order valence-corrected chi connectivity index (χ4v) is 6.91. The summed E-state index contributed by atoms with van der Waals surface area (Å²) >= 11 is 0. The number of unbranched alkanes of at least 4 members (excludes halogenated alkanes) is 1. The number of halogens is 1. The fourth-order valence-electron chi connectivity index (χ4n) is 6.91. The number of aryl methyl sites for hydroxylation is 2. The van der Waals surface area contributed by atoms with Crippen LogP contribution in [0, 0.1) is 5.92 Å². The Morgan fingerprint density at radius 2 is 2.09 bits per heavy atom. The lowest BCUT2D eigenvalue weighted by Gasteiger charge is -2.31. The molecule has 1 aromatic carbocycles. The minimum Gasteiger partial charge on any atom is -0.459 e. The van der Waals surface area contributed by atoms with Gasteiger partial charge in [-0.05, 0) is 83.9 Å². The number of ether oxygens (including phenoxy) is 2. The lowest BCUT2D eigenvalue weighted by Crippen LogP contribution is -2.38. The lowest BCUT2D eigenvalue weighted by atomic mass is 9.97. The first-order chi connectivity index (χ1) is 20.8. The van der Waals surface area contributed by atoms with Gasteiger partial charge in [0.1, 0.15) is 23.6 Å². The number of likely N-dealkylation sites (tertiary alicyclic amines) is 1. The minimum absolute atomic E-state index is 0.108. The van der Waals surface area contributed by atoms with Crippen LogP contribution in [-0.4, -0.2) is 70.3 Å². The molecular weight excluding hydrogens is 545 g/mol. The molecule has 1 N–H and O–H groups in total. The predicted molar refractivity (Wildman–Crippen MR) is 166 cm³/mol. The van der Waals surface area contributed by atoms with Gasteiger partial charge in [0.25, 0.3) is 0 Å². The zero-order chi connectivity index (χ0) is 30.0. The maximum Gasteiger partial charge on any atom is 0.328 e. The quantitative estimate of drug-likeness (QED) is 0.222. The highest BCUT2D eigenvalue weighted by Crippen LogP contribution is 2.37. The van der Waals surface area contributed by atoms with E-state index in [2.05, 4.69) is 22.3 Å². The van der Waals surface area contributed by atoms with Gasteiger partial charge in [0, 0.05) is 42.3 Å². The summed E-state index contributed by atoms with van der Waals surface area (Å²) in [7, 11) is 0. The summed E-state index contributed by atoms with van der Waals surface area (Å²) in [6, 6.07) is 9.83. The number of fused-ring (bicyclic) bond motifs is 2. The van der Waals surface area contributed by atoms with Gasteiger partial charge in [-0.3, -0.25) is 9.58 Å². The average Bonchev–Trinajstić information content (AvgIpc) is 3.76. The smallest absolute Gasteiger partial charge is 0.328 e. The molecular formula is C34H46FN5O3. The first-order valence-electron chi connectivity index (χ1n) is 16.1. The van der Waals surface area contributed by atoms with Crippen molar-refractivity contribution in [2.75, 3.05) is 38.2 Å². The van der Waals surface area contributed by atoms with Gasteiger partial charge in [0.15, 0.2) is 0 Å². The molecule has 0 bridgehead atoms. The van der Waals surface area contributed by atoms with Crippen LogP contribution >= 0.6 is 0 Å².